The largest absolute Gasteiger partial charge is 0.485 e. The summed E-state index contributed by atoms with van der Waals surface area (Å²) in [5.74, 6) is 1.49. The molecule has 3 aromatic carbocycles. The lowest BCUT2D eigenvalue weighted by atomic mass is 9.89. The van der Waals surface area contributed by atoms with Crippen molar-refractivity contribution in [2.75, 3.05) is 6.54 Å². The van der Waals surface area contributed by atoms with Crippen LogP contribution < -0.4 is 14.8 Å². The molecule has 1 N–H and O–H groups in total. The molecule has 0 spiro atoms. The fourth-order valence-electron chi connectivity index (χ4n) is 4.19. The molecule has 1 saturated carbocycles. The molecule has 0 bridgehead atoms. The zero-order valence-electron chi connectivity index (χ0n) is 19.3. The van der Waals surface area contributed by atoms with Gasteiger partial charge in [0.1, 0.15) is 24.8 Å². The Bertz CT molecular complexity index is 1010. The molecule has 0 aliphatic heterocycles. The van der Waals surface area contributed by atoms with Crippen LogP contribution in [-0.4, -0.2) is 6.54 Å². The van der Waals surface area contributed by atoms with Crippen LogP contribution in [0, 0.1) is 17.6 Å². The Morgan fingerprint density at radius 1 is 0.676 bits per heavy atom. The average Bonchev–Trinajstić information content (AvgIpc) is 2.85. The SMILES string of the molecule is Cl.Fc1ccc(COc2ccc(CNCC3CCCCC3)cc2OCc2ccc(F)cc2)cc1. The van der Waals surface area contributed by atoms with Crippen LogP contribution >= 0.6 is 12.4 Å². The lowest BCUT2D eigenvalue weighted by Gasteiger charge is -2.22. The van der Waals surface area contributed by atoms with Crippen LogP contribution in [0.5, 0.6) is 11.5 Å². The Labute approximate surface area is 206 Å². The number of hydrogen-bond donors (Lipinski definition) is 1. The minimum atomic E-state index is -0.271. The van der Waals surface area contributed by atoms with Gasteiger partial charge in [0, 0.05) is 6.54 Å². The number of benzene rings is 3. The standard InChI is InChI=1S/C28H31F2NO2.ClH/c29-25-11-6-22(7-12-25)19-32-27-15-10-24(18-31-17-21-4-2-1-3-5-21)16-28(27)33-20-23-8-13-26(30)14-9-23;/h6-16,21,31H,1-5,17-20H2;1H. The van der Waals surface area contributed by atoms with E-state index in [4.69, 9.17) is 9.47 Å². The van der Waals surface area contributed by atoms with E-state index in [1.807, 2.05) is 18.2 Å². The quantitative estimate of drug-likeness (QED) is 0.327. The first-order chi connectivity index (χ1) is 16.2. The summed E-state index contributed by atoms with van der Waals surface area (Å²) in [6.45, 7) is 2.43. The van der Waals surface area contributed by atoms with Gasteiger partial charge in [-0.3, -0.25) is 0 Å². The predicted molar refractivity (Wildman–Crippen MR) is 133 cm³/mol. The Hall–Kier alpha value is -2.63. The molecule has 4 rings (SSSR count). The average molecular weight is 488 g/mol. The van der Waals surface area contributed by atoms with E-state index in [0.29, 0.717) is 24.7 Å². The molecule has 1 fully saturated rings. The number of halogens is 3. The first-order valence-corrected chi connectivity index (χ1v) is 11.7. The van der Waals surface area contributed by atoms with Gasteiger partial charge in [-0.2, -0.15) is 0 Å². The summed E-state index contributed by atoms with van der Waals surface area (Å²) in [7, 11) is 0. The second-order valence-electron chi connectivity index (χ2n) is 8.75. The first kappa shape index (κ1) is 26.0. The van der Waals surface area contributed by atoms with E-state index >= 15 is 0 Å². The molecule has 0 saturated heterocycles. The lowest BCUT2D eigenvalue weighted by molar-refractivity contribution is 0.255. The van der Waals surface area contributed by atoms with Gasteiger partial charge < -0.3 is 14.8 Å². The molecular weight excluding hydrogens is 456 g/mol. The maximum Gasteiger partial charge on any atom is 0.162 e. The van der Waals surface area contributed by atoms with Crippen molar-refractivity contribution in [1.82, 2.24) is 5.32 Å². The van der Waals surface area contributed by atoms with E-state index in [0.717, 1.165) is 35.7 Å². The highest BCUT2D eigenvalue weighted by atomic mass is 35.5. The highest BCUT2D eigenvalue weighted by molar-refractivity contribution is 5.85. The normalized spacial score (nSPS) is 13.8. The van der Waals surface area contributed by atoms with E-state index in [2.05, 4.69) is 5.32 Å². The maximum atomic E-state index is 13.2. The molecule has 6 heteroatoms. The monoisotopic (exact) mass is 487 g/mol. The van der Waals surface area contributed by atoms with Crippen LogP contribution in [0.1, 0.15) is 48.8 Å². The van der Waals surface area contributed by atoms with E-state index in [1.54, 1.807) is 24.3 Å². The van der Waals surface area contributed by atoms with Gasteiger partial charge >= 0.3 is 0 Å². The van der Waals surface area contributed by atoms with Crippen molar-refractivity contribution in [2.45, 2.75) is 51.9 Å². The van der Waals surface area contributed by atoms with Gasteiger partial charge in [-0.25, -0.2) is 8.78 Å². The molecular formula is C28H32ClF2NO2. The van der Waals surface area contributed by atoms with Gasteiger partial charge in [-0.05, 0) is 78.4 Å². The third-order valence-electron chi connectivity index (χ3n) is 6.11. The molecule has 182 valence electrons. The van der Waals surface area contributed by atoms with Gasteiger partial charge in [0.15, 0.2) is 11.5 Å². The number of ether oxygens (including phenoxy) is 2. The molecule has 0 atom stereocenters. The number of rotatable bonds is 10. The lowest BCUT2D eigenvalue weighted by Crippen LogP contribution is -2.24. The van der Waals surface area contributed by atoms with Crippen LogP contribution in [-0.2, 0) is 19.8 Å². The van der Waals surface area contributed by atoms with Crippen LogP contribution in [0.3, 0.4) is 0 Å². The van der Waals surface area contributed by atoms with Gasteiger partial charge in [-0.1, -0.05) is 49.6 Å². The number of hydrogen-bond acceptors (Lipinski definition) is 3. The van der Waals surface area contributed by atoms with Crippen LogP contribution in [0.2, 0.25) is 0 Å². The molecule has 0 unspecified atom stereocenters. The van der Waals surface area contributed by atoms with Crippen molar-refractivity contribution in [2.24, 2.45) is 5.92 Å². The Kier molecular flexibility index (Phi) is 10.2. The molecule has 1 aliphatic carbocycles. The summed E-state index contributed by atoms with van der Waals surface area (Å²) < 4.78 is 38.5. The molecule has 3 nitrogen and oxygen atoms in total. The van der Waals surface area contributed by atoms with Crippen molar-refractivity contribution in [1.29, 1.82) is 0 Å². The minimum Gasteiger partial charge on any atom is -0.485 e. The van der Waals surface area contributed by atoms with E-state index in [9.17, 15) is 8.78 Å². The van der Waals surface area contributed by atoms with E-state index in [1.165, 1.54) is 56.4 Å². The Balaban J connectivity index is 0.00000324. The Morgan fingerprint density at radius 3 is 1.79 bits per heavy atom. The van der Waals surface area contributed by atoms with Crippen molar-refractivity contribution in [3.63, 3.8) is 0 Å². The van der Waals surface area contributed by atoms with E-state index < -0.39 is 0 Å². The fourth-order valence-corrected chi connectivity index (χ4v) is 4.19. The van der Waals surface area contributed by atoms with Crippen LogP contribution in [0.4, 0.5) is 8.78 Å². The van der Waals surface area contributed by atoms with E-state index in [-0.39, 0.29) is 24.0 Å². The van der Waals surface area contributed by atoms with Crippen molar-refractivity contribution in [3.05, 3.63) is 95.1 Å². The maximum absolute atomic E-state index is 13.2. The van der Waals surface area contributed by atoms with Crippen LogP contribution in [0.15, 0.2) is 66.7 Å². The van der Waals surface area contributed by atoms with Gasteiger partial charge in [0.2, 0.25) is 0 Å². The molecule has 0 aromatic heterocycles. The molecule has 0 amide bonds. The number of nitrogens with one attached hydrogen (secondary N) is 1. The molecule has 0 heterocycles. The topological polar surface area (TPSA) is 30.5 Å². The van der Waals surface area contributed by atoms with Gasteiger partial charge in [-0.15, -0.1) is 12.4 Å². The van der Waals surface area contributed by atoms with Gasteiger partial charge in [0.25, 0.3) is 0 Å². The summed E-state index contributed by atoms with van der Waals surface area (Å²) in [5, 5.41) is 3.59. The summed E-state index contributed by atoms with van der Waals surface area (Å²) in [6.07, 6.45) is 6.68. The minimum absolute atomic E-state index is 0. The zero-order valence-corrected chi connectivity index (χ0v) is 20.1. The smallest absolute Gasteiger partial charge is 0.162 e. The predicted octanol–water partition coefficient (Wildman–Crippen LogP) is 7.21. The summed E-state index contributed by atoms with van der Waals surface area (Å²) in [5.41, 5.74) is 2.87. The highest BCUT2D eigenvalue weighted by Crippen LogP contribution is 2.30. The molecule has 1 aliphatic rings. The van der Waals surface area contributed by atoms with Crippen molar-refractivity contribution in [3.8, 4) is 11.5 Å². The molecule has 34 heavy (non-hydrogen) atoms. The molecule has 3 aromatic rings. The Morgan fingerprint density at radius 2 is 1.21 bits per heavy atom. The molecule has 0 radical (unpaired) electrons. The summed E-state index contributed by atoms with van der Waals surface area (Å²) in [6, 6.07) is 18.5. The fraction of sp³-hybridized carbons (Fsp3) is 0.357. The van der Waals surface area contributed by atoms with Crippen molar-refractivity contribution >= 4 is 12.4 Å². The van der Waals surface area contributed by atoms with Crippen LogP contribution in [0.25, 0.3) is 0 Å². The third kappa shape index (κ3) is 8.00. The summed E-state index contributed by atoms with van der Waals surface area (Å²) in [4.78, 5) is 0. The van der Waals surface area contributed by atoms with Crippen molar-refractivity contribution < 1.29 is 18.3 Å². The zero-order chi connectivity index (χ0) is 22.9. The second-order valence-corrected chi connectivity index (χ2v) is 8.75. The third-order valence-corrected chi connectivity index (χ3v) is 6.11. The highest BCUT2D eigenvalue weighted by Gasteiger charge is 2.13. The second kappa shape index (κ2) is 13.3. The summed E-state index contributed by atoms with van der Waals surface area (Å²) >= 11 is 0. The first-order valence-electron chi connectivity index (χ1n) is 11.7. The van der Waals surface area contributed by atoms with Gasteiger partial charge in [0.05, 0.1) is 0 Å².